The number of rotatable bonds is 11. The van der Waals surface area contributed by atoms with Gasteiger partial charge in [-0.2, -0.15) is 0 Å². The van der Waals surface area contributed by atoms with Gasteiger partial charge in [0.1, 0.15) is 6.10 Å². The molecule has 1 unspecified atom stereocenters. The van der Waals surface area contributed by atoms with Crippen LogP contribution in [0.3, 0.4) is 0 Å². The molecule has 0 saturated heterocycles. The normalized spacial score (nSPS) is 12.8. The molecule has 2 aromatic carbocycles. The number of ether oxygens (including phenoxy) is 1. The van der Waals surface area contributed by atoms with E-state index in [1.54, 1.807) is 70.3 Å². The third-order valence-electron chi connectivity index (χ3n) is 7.01. The van der Waals surface area contributed by atoms with Crippen LogP contribution in [0.4, 0.5) is 0 Å². The Balaban J connectivity index is 1.65. The highest BCUT2D eigenvalue weighted by Gasteiger charge is 2.43. The van der Waals surface area contributed by atoms with Crippen molar-refractivity contribution in [1.29, 1.82) is 0 Å². The van der Waals surface area contributed by atoms with Crippen molar-refractivity contribution in [2.45, 2.75) is 46.8 Å². The van der Waals surface area contributed by atoms with Crippen LogP contribution < -0.4 is 0 Å². The largest absolute Gasteiger partial charge is 0.481 e. The first-order chi connectivity index (χ1) is 18.4. The van der Waals surface area contributed by atoms with E-state index in [0.29, 0.717) is 22.6 Å². The lowest BCUT2D eigenvalue weighted by atomic mass is 9.76. The fourth-order valence-electron chi connectivity index (χ4n) is 4.61. The summed E-state index contributed by atoms with van der Waals surface area (Å²) in [6.45, 7) is 6.98. The molecular weight excluding hydrogens is 514 g/mol. The molecule has 0 amide bonds. The van der Waals surface area contributed by atoms with Crippen LogP contribution in [-0.4, -0.2) is 33.1 Å². The van der Waals surface area contributed by atoms with Gasteiger partial charge in [0.15, 0.2) is 11.6 Å². The molecular formula is C32H32ClNO5. The number of carboxylic acid groups (broad SMARTS) is 1. The highest BCUT2D eigenvalue weighted by atomic mass is 35.5. The van der Waals surface area contributed by atoms with Crippen molar-refractivity contribution in [2.24, 2.45) is 10.8 Å². The van der Waals surface area contributed by atoms with Gasteiger partial charge in [-0.3, -0.25) is 14.4 Å². The second-order valence-electron chi connectivity index (χ2n) is 11.1. The number of Topliss-reactive ketones (excluding diaryl/α,β-unsaturated/α-hetero) is 2. The van der Waals surface area contributed by atoms with E-state index in [-0.39, 0.29) is 18.2 Å². The van der Waals surface area contributed by atoms with Crippen molar-refractivity contribution in [2.75, 3.05) is 0 Å². The molecule has 6 nitrogen and oxygen atoms in total. The van der Waals surface area contributed by atoms with E-state index < -0.39 is 22.9 Å². The summed E-state index contributed by atoms with van der Waals surface area (Å²) >= 11 is 6.03. The maximum atomic E-state index is 13.9. The van der Waals surface area contributed by atoms with Crippen molar-refractivity contribution >= 4 is 34.7 Å². The van der Waals surface area contributed by atoms with Gasteiger partial charge >= 0.3 is 5.97 Å². The first kappa shape index (κ1) is 28.3. The monoisotopic (exact) mass is 545 g/mol. The van der Waals surface area contributed by atoms with Gasteiger partial charge in [-0.1, -0.05) is 41.9 Å². The molecule has 0 bridgehead atoms. The van der Waals surface area contributed by atoms with Gasteiger partial charge in [-0.15, -0.1) is 0 Å². The average molecular weight is 546 g/mol. The lowest BCUT2D eigenvalue weighted by molar-refractivity contribution is -0.146. The van der Waals surface area contributed by atoms with E-state index in [4.69, 9.17) is 16.3 Å². The Morgan fingerprint density at radius 2 is 1.56 bits per heavy atom. The predicted molar refractivity (Wildman–Crippen MR) is 151 cm³/mol. The van der Waals surface area contributed by atoms with Crippen LogP contribution in [0.2, 0.25) is 5.02 Å². The summed E-state index contributed by atoms with van der Waals surface area (Å²) in [5.41, 5.74) is 1.23. The van der Waals surface area contributed by atoms with Crippen LogP contribution in [-0.2, 0) is 22.6 Å². The maximum Gasteiger partial charge on any atom is 0.309 e. The minimum absolute atomic E-state index is 0.169. The van der Waals surface area contributed by atoms with E-state index in [0.717, 1.165) is 16.6 Å². The summed E-state index contributed by atoms with van der Waals surface area (Å²) in [6, 6.07) is 21.4. The number of fused-ring (bicyclic) bond motifs is 1. The molecule has 0 spiro atoms. The molecule has 39 heavy (non-hydrogen) atoms. The maximum absolute atomic E-state index is 13.9. The zero-order chi connectivity index (χ0) is 28.4. The molecule has 202 valence electrons. The number of carboxylic acids is 1. The van der Waals surface area contributed by atoms with E-state index >= 15 is 0 Å². The molecule has 0 fully saturated rings. The summed E-state index contributed by atoms with van der Waals surface area (Å²) in [4.78, 5) is 39.2. The van der Waals surface area contributed by atoms with Crippen molar-refractivity contribution in [3.63, 3.8) is 0 Å². The minimum Gasteiger partial charge on any atom is -0.481 e. The first-order valence-electron chi connectivity index (χ1n) is 12.7. The SMILES string of the molecule is CC(C)(Cc1cc2cc(C(=O)C(C)(C)C(OCc3ccccc3)C(=O)c3ccc(Cl)cc3)ccn2c1)C(=O)O. The topological polar surface area (TPSA) is 85.1 Å². The number of aliphatic carboxylic acids is 1. The summed E-state index contributed by atoms with van der Waals surface area (Å²) in [6.07, 6.45) is 2.94. The quantitative estimate of drug-likeness (QED) is 0.207. The zero-order valence-electron chi connectivity index (χ0n) is 22.5. The smallest absolute Gasteiger partial charge is 0.309 e. The highest BCUT2D eigenvalue weighted by molar-refractivity contribution is 6.30. The van der Waals surface area contributed by atoms with E-state index in [2.05, 4.69) is 0 Å². The molecule has 0 radical (unpaired) electrons. The average Bonchev–Trinajstić information content (AvgIpc) is 3.29. The Morgan fingerprint density at radius 1 is 0.897 bits per heavy atom. The number of pyridine rings is 1. The first-order valence-corrected chi connectivity index (χ1v) is 13.1. The molecule has 7 heteroatoms. The Hall–Kier alpha value is -3.74. The van der Waals surface area contributed by atoms with Crippen LogP contribution in [0, 0.1) is 10.8 Å². The summed E-state index contributed by atoms with van der Waals surface area (Å²) < 4.78 is 8.05. The van der Waals surface area contributed by atoms with Crippen LogP contribution in [0.25, 0.3) is 5.52 Å². The van der Waals surface area contributed by atoms with E-state index in [9.17, 15) is 19.5 Å². The second kappa shape index (κ2) is 11.2. The highest BCUT2D eigenvalue weighted by Crippen LogP contribution is 2.33. The molecule has 0 aliphatic heterocycles. The van der Waals surface area contributed by atoms with Crippen LogP contribution in [0.1, 0.15) is 59.5 Å². The number of halogens is 1. The van der Waals surface area contributed by atoms with Crippen molar-refractivity contribution in [3.8, 4) is 0 Å². The lowest BCUT2D eigenvalue weighted by Gasteiger charge is -2.32. The summed E-state index contributed by atoms with van der Waals surface area (Å²) in [7, 11) is 0. The van der Waals surface area contributed by atoms with Crippen molar-refractivity contribution in [3.05, 3.63) is 112 Å². The standard InChI is InChI=1S/C32H32ClNO5/c1-31(2,30(37)38)18-22-16-26-17-24(14-15-34(26)19-22)28(36)32(3,4)29(39-20-21-8-6-5-7-9-21)27(35)23-10-12-25(33)13-11-23/h5-17,19,29H,18,20H2,1-4H3,(H,37,38). The van der Waals surface area contributed by atoms with Crippen molar-refractivity contribution < 1.29 is 24.2 Å². The number of hydrogen-bond donors (Lipinski definition) is 1. The van der Waals surface area contributed by atoms with Gasteiger partial charge in [0.05, 0.1) is 17.4 Å². The Bertz CT molecular complexity index is 1500. The summed E-state index contributed by atoms with van der Waals surface area (Å²) in [5.74, 6) is -1.41. The Morgan fingerprint density at radius 3 is 2.21 bits per heavy atom. The predicted octanol–water partition coefficient (Wildman–Crippen LogP) is 6.92. The molecule has 2 aromatic heterocycles. The van der Waals surface area contributed by atoms with Gasteiger partial charge in [0.25, 0.3) is 0 Å². The molecule has 0 saturated carbocycles. The van der Waals surface area contributed by atoms with E-state index in [1.807, 2.05) is 47.0 Å². The molecule has 1 N–H and O–H groups in total. The molecule has 0 aliphatic rings. The van der Waals surface area contributed by atoms with Crippen LogP contribution in [0.5, 0.6) is 0 Å². The molecule has 4 aromatic rings. The number of nitrogens with zero attached hydrogens (tertiary/aromatic N) is 1. The number of ketones is 2. The van der Waals surface area contributed by atoms with E-state index in [1.165, 1.54) is 0 Å². The van der Waals surface area contributed by atoms with Gasteiger partial charge < -0.3 is 14.2 Å². The number of carbonyl (C=O) groups excluding carboxylic acids is 2. The Kier molecular flexibility index (Phi) is 8.09. The molecule has 1 atom stereocenters. The van der Waals surface area contributed by atoms with Gasteiger partial charge in [-0.25, -0.2) is 0 Å². The molecule has 0 aliphatic carbocycles. The van der Waals surface area contributed by atoms with Gasteiger partial charge in [-0.05, 0) is 87.7 Å². The third-order valence-corrected chi connectivity index (χ3v) is 7.26. The van der Waals surface area contributed by atoms with Crippen LogP contribution >= 0.6 is 11.6 Å². The zero-order valence-corrected chi connectivity index (χ0v) is 23.2. The fraction of sp³-hybridized carbons (Fsp3) is 0.281. The number of benzene rings is 2. The second-order valence-corrected chi connectivity index (χ2v) is 11.5. The molecule has 2 heterocycles. The Labute approximate surface area is 233 Å². The van der Waals surface area contributed by atoms with Crippen molar-refractivity contribution in [1.82, 2.24) is 4.40 Å². The number of aromatic nitrogens is 1. The molecule has 4 rings (SSSR count). The van der Waals surface area contributed by atoms with Gasteiger partial charge in [0, 0.05) is 34.1 Å². The lowest BCUT2D eigenvalue weighted by Crippen LogP contribution is -2.44. The van der Waals surface area contributed by atoms with Gasteiger partial charge in [0.2, 0.25) is 0 Å². The number of carbonyl (C=O) groups is 3. The third kappa shape index (κ3) is 6.29. The van der Waals surface area contributed by atoms with Crippen LogP contribution in [0.15, 0.2) is 85.2 Å². The fourth-order valence-corrected chi connectivity index (χ4v) is 4.74. The number of hydrogen-bond acceptors (Lipinski definition) is 4. The summed E-state index contributed by atoms with van der Waals surface area (Å²) in [5, 5.41) is 10.0. The minimum atomic E-state index is -1.20.